The van der Waals surface area contributed by atoms with Gasteiger partial charge >= 0.3 is 0 Å². The summed E-state index contributed by atoms with van der Waals surface area (Å²) in [5.41, 5.74) is 11.5. The zero-order chi connectivity index (χ0) is 35.2. The Morgan fingerprint density at radius 1 is 0.442 bits per heavy atom. The molecule has 0 aliphatic rings. The van der Waals surface area contributed by atoms with Crippen LogP contribution in [-0.2, 0) is 5.41 Å². The van der Waals surface area contributed by atoms with Crippen molar-refractivity contribution in [3.05, 3.63) is 188 Å². The minimum atomic E-state index is -0.000683. The largest absolute Gasteiger partial charge is 0.355 e. The normalized spacial score (nSPS) is 11.8. The Kier molecular flexibility index (Phi) is 7.74. The van der Waals surface area contributed by atoms with Crippen LogP contribution in [0.15, 0.2) is 182 Å². The van der Waals surface area contributed by atoms with Gasteiger partial charge in [-0.3, -0.25) is 0 Å². The average molecular weight is 669 g/mol. The van der Waals surface area contributed by atoms with Crippen LogP contribution in [0.3, 0.4) is 0 Å². The molecule has 0 heterocycles. The third-order valence-electron chi connectivity index (χ3n) is 10.3. The summed E-state index contributed by atoms with van der Waals surface area (Å²) in [6.45, 7) is 6.87. The average Bonchev–Trinajstić information content (AvgIpc) is 3.18. The lowest BCUT2D eigenvalue weighted by atomic mass is 9.83. The molecule has 0 saturated heterocycles. The highest BCUT2D eigenvalue weighted by atomic mass is 15.1. The molecule has 250 valence electrons. The molecule has 0 unspecified atom stereocenters. The summed E-state index contributed by atoms with van der Waals surface area (Å²) in [5.74, 6) is 0. The van der Waals surface area contributed by atoms with Crippen molar-refractivity contribution in [1.82, 2.24) is 0 Å². The fourth-order valence-electron chi connectivity index (χ4n) is 7.73. The van der Waals surface area contributed by atoms with Crippen LogP contribution >= 0.6 is 0 Å². The Hall–Kier alpha value is -6.38. The molecule has 52 heavy (non-hydrogen) atoms. The quantitative estimate of drug-likeness (QED) is 0.170. The smallest absolute Gasteiger partial charge is 0.0540 e. The standard InChI is InChI=1S/C50H40N2/c1-50(2,3)38-28-31-46(45(32-38)43-29-26-37-25-24-35-16-12-17-36-27-30-44(43)49(37)48(35)36)51-39-18-13-21-41(33-39)52(40-19-8-5-9-20-40)47-23-11-10-22-42(47)34-14-6-4-7-15-34/h4-33,51H,1-3H3. The molecule has 0 saturated carbocycles. The molecule has 1 N–H and O–H groups in total. The first-order valence-corrected chi connectivity index (χ1v) is 18.1. The Bertz CT molecular complexity index is 2670. The first-order chi connectivity index (χ1) is 25.4. The Morgan fingerprint density at radius 2 is 1.08 bits per heavy atom. The second kappa shape index (κ2) is 12.7. The van der Waals surface area contributed by atoms with Crippen LogP contribution in [0.4, 0.5) is 28.4 Å². The summed E-state index contributed by atoms with van der Waals surface area (Å²) >= 11 is 0. The molecule has 0 aliphatic carbocycles. The summed E-state index contributed by atoms with van der Waals surface area (Å²) in [5, 5.41) is 11.7. The van der Waals surface area contributed by atoms with Crippen LogP contribution in [0.25, 0.3) is 54.6 Å². The van der Waals surface area contributed by atoms with Gasteiger partial charge in [-0.2, -0.15) is 0 Å². The minimum Gasteiger partial charge on any atom is -0.355 e. The van der Waals surface area contributed by atoms with E-state index in [1.807, 2.05) is 0 Å². The molecule has 9 aromatic carbocycles. The van der Waals surface area contributed by atoms with Gasteiger partial charge in [0.1, 0.15) is 0 Å². The van der Waals surface area contributed by atoms with Crippen LogP contribution in [0.5, 0.6) is 0 Å². The van der Waals surface area contributed by atoms with Crippen molar-refractivity contribution in [3.8, 4) is 22.3 Å². The summed E-state index contributed by atoms with van der Waals surface area (Å²) in [4.78, 5) is 2.36. The van der Waals surface area contributed by atoms with Crippen LogP contribution in [0.2, 0.25) is 0 Å². The molecule has 2 heteroatoms. The number of hydrogen-bond acceptors (Lipinski definition) is 2. The molecule has 9 rings (SSSR count). The van der Waals surface area contributed by atoms with E-state index in [1.165, 1.54) is 60.1 Å². The lowest BCUT2D eigenvalue weighted by molar-refractivity contribution is 0.590. The van der Waals surface area contributed by atoms with Gasteiger partial charge in [0.15, 0.2) is 0 Å². The van der Waals surface area contributed by atoms with Crippen LogP contribution in [-0.4, -0.2) is 0 Å². The predicted molar refractivity (Wildman–Crippen MR) is 224 cm³/mol. The van der Waals surface area contributed by atoms with Gasteiger partial charge in [0.25, 0.3) is 0 Å². The van der Waals surface area contributed by atoms with Crippen molar-refractivity contribution in [2.45, 2.75) is 26.2 Å². The van der Waals surface area contributed by atoms with Gasteiger partial charge in [-0.05, 0) is 103 Å². The van der Waals surface area contributed by atoms with Crippen LogP contribution < -0.4 is 10.2 Å². The SMILES string of the molecule is CC(C)(C)c1ccc(Nc2cccc(N(c3ccccc3)c3ccccc3-c3ccccc3)c2)c(-c2ccc3ccc4cccc5ccc2c3c45)c1. The number of hydrogen-bond donors (Lipinski definition) is 1. The zero-order valence-electron chi connectivity index (χ0n) is 29.8. The maximum absolute atomic E-state index is 3.90. The Morgan fingerprint density at radius 3 is 1.85 bits per heavy atom. The lowest BCUT2D eigenvalue weighted by Crippen LogP contribution is -2.12. The Balaban J connectivity index is 1.19. The molecule has 0 fully saturated rings. The van der Waals surface area contributed by atoms with Gasteiger partial charge in [0.2, 0.25) is 0 Å². The summed E-state index contributed by atoms with van der Waals surface area (Å²) < 4.78 is 0. The number of benzene rings is 9. The highest BCUT2D eigenvalue weighted by Crippen LogP contribution is 2.45. The third-order valence-corrected chi connectivity index (χ3v) is 10.3. The predicted octanol–water partition coefficient (Wildman–Crippen LogP) is 14.4. The minimum absolute atomic E-state index is 0.000683. The van der Waals surface area contributed by atoms with E-state index in [0.717, 1.165) is 28.4 Å². The van der Waals surface area contributed by atoms with Crippen molar-refractivity contribution in [1.29, 1.82) is 0 Å². The fraction of sp³-hybridized carbons (Fsp3) is 0.0800. The van der Waals surface area contributed by atoms with Crippen molar-refractivity contribution in [2.24, 2.45) is 0 Å². The molecule has 9 aromatic rings. The molecule has 2 nitrogen and oxygen atoms in total. The van der Waals surface area contributed by atoms with E-state index in [-0.39, 0.29) is 5.41 Å². The number of anilines is 5. The van der Waals surface area contributed by atoms with Crippen molar-refractivity contribution in [2.75, 3.05) is 10.2 Å². The van der Waals surface area contributed by atoms with E-state index in [0.29, 0.717) is 0 Å². The van der Waals surface area contributed by atoms with Gasteiger partial charge in [-0.1, -0.05) is 154 Å². The molecule has 0 atom stereocenters. The van der Waals surface area contributed by atoms with Gasteiger partial charge in [0.05, 0.1) is 5.69 Å². The molecule has 0 aliphatic heterocycles. The number of rotatable bonds is 7. The van der Waals surface area contributed by atoms with E-state index in [9.17, 15) is 0 Å². The first kappa shape index (κ1) is 31.6. The maximum Gasteiger partial charge on any atom is 0.0540 e. The van der Waals surface area contributed by atoms with E-state index in [1.54, 1.807) is 0 Å². The topological polar surface area (TPSA) is 15.3 Å². The number of nitrogens with one attached hydrogen (secondary N) is 1. The lowest BCUT2D eigenvalue weighted by Gasteiger charge is -2.28. The highest BCUT2D eigenvalue weighted by molar-refractivity contribution is 6.25. The summed E-state index contributed by atoms with van der Waals surface area (Å²) in [7, 11) is 0. The van der Waals surface area contributed by atoms with E-state index < -0.39 is 0 Å². The van der Waals surface area contributed by atoms with E-state index in [4.69, 9.17) is 0 Å². The molecule has 0 spiro atoms. The molecule has 0 amide bonds. The molecule has 0 aromatic heterocycles. The van der Waals surface area contributed by atoms with Gasteiger partial charge in [0, 0.05) is 33.9 Å². The maximum atomic E-state index is 3.90. The third kappa shape index (κ3) is 5.63. The van der Waals surface area contributed by atoms with Crippen molar-refractivity contribution < 1.29 is 0 Å². The highest BCUT2D eigenvalue weighted by Gasteiger charge is 2.21. The zero-order valence-corrected chi connectivity index (χ0v) is 29.8. The summed E-state index contributed by atoms with van der Waals surface area (Å²) in [6, 6.07) is 66.0. The number of nitrogens with zero attached hydrogens (tertiary/aromatic N) is 1. The van der Waals surface area contributed by atoms with E-state index >= 15 is 0 Å². The monoisotopic (exact) mass is 668 g/mol. The van der Waals surface area contributed by atoms with Crippen molar-refractivity contribution in [3.63, 3.8) is 0 Å². The molecular weight excluding hydrogens is 629 g/mol. The molecule has 0 radical (unpaired) electrons. The first-order valence-electron chi connectivity index (χ1n) is 18.1. The Labute approximate surface area is 306 Å². The van der Waals surface area contributed by atoms with Crippen molar-refractivity contribution >= 4 is 60.8 Å². The van der Waals surface area contributed by atoms with Crippen LogP contribution in [0.1, 0.15) is 26.3 Å². The molecular formula is C50H40N2. The van der Waals surface area contributed by atoms with Gasteiger partial charge in [-0.15, -0.1) is 0 Å². The van der Waals surface area contributed by atoms with Gasteiger partial charge in [-0.25, -0.2) is 0 Å². The number of para-hydroxylation sites is 2. The van der Waals surface area contributed by atoms with Gasteiger partial charge < -0.3 is 10.2 Å². The van der Waals surface area contributed by atoms with Crippen LogP contribution in [0, 0.1) is 0 Å². The second-order valence-electron chi connectivity index (χ2n) is 14.7. The second-order valence-corrected chi connectivity index (χ2v) is 14.7. The molecule has 0 bridgehead atoms. The summed E-state index contributed by atoms with van der Waals surface area (Å²) in [6.07, 6.45) is 0. The van der Waals surface area contributed by atoms with E-state index in [2.05, 4.69) is 213 Å². The fourth-order valence-corrected chi connectivity index (χ4v) is 7.73.